The Morgan fingerprint density at radius 2 is 1.96 bits per heavy atom. The summed E-state index contributed by atoms with van der Waals surface area (Å²) < 4.78 is 0. The maximum absolute atomic E-state index is 13.0. The lowest BCUT2D eigenvalue weighted by atomic mass is 10.1. The van der Waals surface area contributed by atoms with Gasteiger partial charge in [-0.25, -0.2) is 0 Å². The van der Waals surface area contributed by atoms with Crippen LogP contribution in [0.5, 0.6) is 0 Å². The molecule has 0 aromatic heterocycles. The molecule has 0 radical (unpaired) electrons. The number of nitrogens with zero attached hydrogens (tertiary/aromatic N) is 1. The Balaban J connectivity index is 1.56. The number of anilines is 1. The summed E-state index contributed by atoms with van der Waals surface area (Å²) in [4.78, 5) is 39.0. The zero-order chi connectivity index (χ0) is 19.2. The van der Waals surface area contributed by atoms with E-state index in [9.17, 15) is 14.4 Å². The van der Waals surface area contributed by atoms with Gasteiger partial charge >= 0.3 is 0 Å². The average molecular weight is 402 g/mol. The third-order valence-electron chi connectivity index (χ3n) is 4.76. The van der Waals surface area contributed by atoms with Crippen molar-refractivity contribution >= 4 is 46.8 Å². The largest absolute Gasteiger partial charge is 0.286 e. The first-order valence-corrected chi connectivity index (χ1v) is 9.60. The average Bonchev–Trinajstić information content (AvgIpc) is 3.15. The maximum Gasteiger partial charge on any atom is 0.275 e. The van der Waals surface area contributed by atoms with E-state index in [0.29, 0.717) is 22.7 Å². The van der Waals surface area contributed by atoms with Crippen LogP contribution in [-0.2, 0) is 9.59 Å². The third-order valence-corrected chi connectivity index (χ3v) is 6.47. The van der Waals surface area contributed by atoms with Crippen molar-refractivity contribution in [2.75, 3.05) is 4.90 Å². The molecule has 2 N–H and O–H groups in total. The van der Waals surface area contributed by atoms with Crippen LogP contribution in [0.2, 0.25) is 5.02 Å². The van der Waals surface area contributed by atoms with Crippen molar-refractivity contribution in [3.63, 3.8) is 0 Å². The number of hydrogen-bond donors (Lipinski definition) is 2. The molecule has 27 heavy (non-hydrogen) atoms. The van der Waals surface area contributed by atoms with E-state index >= 15 is 0 Å². The van der Waals surface area contributed by atoms with E-state index in [0.717, 1.165) is 10.5 Å². The Kier molecular flexibility index (Phi) is 4.36. The van der Waals surface area contributed by atoms with Gasteiger partial charge in [-0.1, -0.05) is 41.6 Å². The van der Waals surface area contributed by atoms with Gasteiger partial charge in [-0.15, -0.1) is 0 Å². The van der Waals surface area contributed by atoms with Crippen molar-refractivity contribution in [3.8, 4) is 0 Å². The number of hydrazine groups is 1. The van der Waals surface area contributed by atoms with Crippen LogP contribution in [0.1, 0.15) is 28.8 Å². The molecule has 4 rings (SSSR count). The minimum atomic E-state index is -1.11. The monoisotopic (exact) mass is 401 g/mol. The number of halogens is 1. The highest BCUT2D eigenvalue weighted by Crippen LogP contribution is 2.56. The SMILES string of the molecule is Cc1ccccc1C(=O)NNC(=O)[C@@]12CCC(=O)N1c1cc(Cl)ccc1S2. The van der Waals surface area contributed by atoms with Crippen LogP contribution in [0.15, 0.2) is 47.4 Å². The lowest BCUT2D eigenvalue weighted by molar-refractivity contribution is -0.125. The Morgan fingerprint density at radius 3 is 2.74 bits per heavy atom. The molecule has 6 nitrogen and oxygen atoms in total. The molecule has 0 bridgehead atoms. The van der Waals surface area contributed by atoms with Gasteiger partial charge in [0.15, 0.2) is 4.87 Å². The molecule has 1 saturated heterocycles. The number of fused-ring (bicyclic) bond motifs is 3. The highest BCUT2D eigenvalue weighted by atomic mass is 35.5. The number of carbonyl (C=O) groups excluding carboxylic acids is 3. The van der Waals surface area contributed by atoms with Gasteiger partial charge in [-0.2, -0.15) is 0 Å². The van der Waals surface area contributed by atoms with Gasteiger partial charge in [-0.05, 0) is 43.2 Å². The van der Waals surface area contributed by atoms with E-state index in [-0.39, 0.29) is 12.3 Å². The number of carbonyl (C=O) groups is 3. The summed E-state index contributed by atoms with van der Waals surface area (Å²) in [5.74, 6) is -0.978. The quantitative estimate of drug-likeness (QED) is 0.758. The summed E-state index contributed by atoms with van der Waals surface area (Å²) in [5, 5.41) is 0.498. The molecule has 2 aliphatic rings. The number of amides is 3. The van der Waals surface area contributed by atoms with Gasteiger partial charge in [-0.3, -0.25) is 30.1 Å². The molecule has 2 aliphatic heterocycles. The van der Waals surface area contributed by atoms with Crippen molar-refractivity contribution in [3.05, 3.63) is 58.6 Å². The molecule has 138 valence electrons. The first-order valence-electron chi connectivity index (χ1n) is 8.40. The van der Waals surface area contributed by atoms with Gasteiger partial charge < -0.3 is 0 Å². The zero-order valence-electron chi connectivity index (χ0n) is 14.4. The summed E-state index contributed by atoms with van der Waals surface area (Å²) in [6.07, 6.45) is 0.618. The van der Waals surface area contributed by atoms with Gasteiger partial charge in [0, 0.05) is 21.9 Å². The number of rotatable bonds is 2. The molecule has 2 aromatic carbocycles. The molecule has 1 atom stereocenters. The van der Waals surface area contributed by atoms with Gasteiger partial charge in [0.25, 0.3) is 11.8 Å². The van der Waals surface area contributed by atoms with Crippen molar-refractivity contribution < 1.29 is 14.4 Å². The highest BCUT2D eigenvalue weighted by Gasteiger charge is 2.57. The number of hydrogen-bond acceptors (Lipinski definition) is 4. The number of thioether (sulfide) groups is 1. The second kappa shape index (κ2) is 6.58. The van der Waals surface area contributed by atoms with E-state index in [1.807, 2.05) is 19.1 Å². The van der Waals surface area contributed by atoms with Crippen LogP contribution >= 0.6 is 23.4 Å². The Labute approximate surface area is 165 Å². The highest BCUT2D eigenvalue weighted by molar-refractivity contribution is 8.02. The molecule has 2 aromatic rings. The smallest absolute Gasteiger partial charge is 0.275 e. The fourth-order valence-electron chi connectivity index (χ4n) is 3.43. The minimum absolute atomic E-state index is 0.135. The molecular weight excluding hydrogens is 386 g/mol. The van der Waals surface area contributed by atoms with Crippen LogP contribution < -0.4 is 15.8 Å². The van der Waals surface area contributed by atoms with Crippen molar-refractivity contribution in [1.82, 2.24) is 10.9 Å². The van der Waals surface area contributed by atoms with E-state index in [2.05, 4.69) is 10.9 Å². The number of aryl methyl sites for hydroxylation is 1. The molecule has 0 unspecified atom stereocenters. The second-order valence-corrected chi connectivity index (χ2v) is 8.21. The summed E-state index contributed by atoms with van der Waals surface area (Å²) in [7, 11) is 0. The van der Waals surface area contributed by atoms with E-state index < -0.39 is 16.7 Å². The lowest BCUT2D eigenvalue weighted by Crippen LogP contribution is -2.56. The minimum Gasteiger partial charge on any atom is -0.286 e. The number of benzene rings is 2. The Hall–Kier alpha value is -2.51. The maximum atomic E-state index is 13.0. The Morgan fingerprint density at radius 1 is 1.19 bits per heavy atom. The molecule has 0 spiro atoms. The fourth-order valence-corrected chi connectivity index (χ4v) is 4.99. The van der Waals surface area contributed by atoms with Crippen LogP contribution in [-0.4, -0.2) is 22.6 Å². The van der Waals surface area contributed by atoms with Crippen LogP contribution in [0.3, 0.4) is 0 Å². The first kappa shape index (κ1) is 17.9. The molecular formula is C19H16ClN3O3S. The molecule has 8 heteroatoms. The van der Waals surface area contributed by atoms with Gasteiger partial charge in [0.1, 0.15) is 0 Å². The van der Waals surface area contributed by atoms with E-state index in [4.69, 9.17) is 11.6 Å². The van der Waals surface area contributed by atoms with Crippen molar-refractivity contribution in [2.24, 2.45) is 0 Å². The lowest BCUT2D eigenvalue weighted by Gasteiger charge is -2.29. The summed E-state index contributed by atoms with van der Waals surface area (Å²) >= 11 is 7.38. The van der Waals surface area contributed by atoms with Crippen LogP contribution in [0, 0.1) is 6.92 Å². The molecule has 3 amide bonds. The van der Waals surface area contributed by atoms with Crippen molar-refractivity contribution in [1.29, 1.82) is 0 Å². The fraction of sp³-hybridized carbons (Fsp3) is 0.211. The van der Waals surface area contributed by atoms with E-state index in [1.165, 1.54) is 16.7 Å². The molecule has 0 saturated carbocycles. The normalized spacial score (nSPS) is 20.2. The number of nitrogens with one attached hydrogen (secondary N) is 2. The standard InChI is InChI=1S/C19H16ClN3O3S/c1-11-4-2-3-5-13(11)17(25)21-22-18(26)19-9-8-16(24)23(19)14-10-12(20)6-7-15(14)27-19/h2-7,10H,8-9H2,1H3,(H,21,25)(H,22,26)/t19-/m0/s1. The van der Waals surface area contributed by atoms with Crippen LogP contribution in [0.25, 0.3) is 0 Å². The predicted molar refractivity (Wildman–Crippen MR) is 104 cm³/mol. The van der Waals surface area contributed by atoms with Crippen molar-refractivity contribution in [2.45, 2.75) is 29.5 Å². The van der Waals surface area contributed by atoms with Gasteiger partial charge in [0.05, 0.1) is 5.69 Å². The molecule has 0 aliphatic carbocycles. The Bertz CT molecular complexity index is 980. The predicted octanol–water partition coefficient (Wildman–Crippen LogP) is 3.04. The van der Waals surface area contributed by atoms with Crippen LogP contribution in [0.4, 0.5) is 5.69 Å². The molecule has 1 fully saturated rings. The zero-order valence-corrected chi connectivity index (χ0v) is 16.0. The topological polar surface area (TPSA) is 78.5 Å². The first-order chi connectivity index (χ1) is 12.9. The molecule has 2 heterocycles. The summed E-state index contributed by atoms with van der Waals surface area (Å²) in [6, 6.07) is 12.3. The second-order valence-electron chi connectivity index (χ2n) is 6.45. The summed E-state index contributed by atoms with van der Waals surface area (Å²) in [5.41, 5.74) is 6.87. The van der Waals surface area contributed by atoms with Gasteiger partial charge in [0.2, 0.25) is 5.91 Å². The summed E-state index contributed by atoms with van der Waals surface area (Å²) in [6.45, 7) is 1.82. The van der Waals surface area contributed by atoms with E-state index in [1.54, 1.807) is 30.3 Å². The third kappa shape index (κ3) is 2.87.